The quantitative estimate of drug-likeness (QED) is 0.0828. The number of carbonyl (C=O) groups is 8. The van der Waals surface area contributed by atoms with Crippen molar-refractivity contribution in [1.29, 1.82) is 0 Å². The van der Waals surface area contributed by atoms with Gasteiger partial charge in [0.2, 0.25) is 11.5 Å². The molecule has 14 heteroatoms. The third kappa shape index (κ3) is 12.0. The largest absolute Gasteiger partial charge is 0.419 e. The summed E-state index contributed by atoms with van der Waals surface area (Å²) in [4.78, 5) is 123. The van der Waals surface area contributed by atoms with Gasteiger partial charge < -0.3 is 28.4 Å². The zero-order chi connectivity index (χ0) is 69.4. The molecule has 0 heterocycles. The van der Waals surface area contributed by atoms with Crippen LogP contribution in [0.5, 0.6) is 34.5 Å². The minimum absolute atomic E-state index is 0.000684. The number of esters is 6. The van der Waals surface area contributed by atoms with Gasteiger partial charge in [0.25, 0.3) is 0 Å². The second kappa shape index (κ2) is 25.1. The molecule has 0 amide bonds. The molecule has 0 aliphatic heterocycles. The number of carbonyl (C=O) groups excluding carboxylic acids is 8. The van der Waals surface area contributed by atoms with Gasteiger partial charge >= 0.3 is 35.8 Å². The fraction of sp³-hybridized carbons (Fsp3) is 0.0698. The Kier molecular flexibility index (Phi) is 15.8. The predicted molar refractivity (Wildman–Crippen MR) is 382 cm³/mol. The Balaban J connectivity index is 0.962. The molecule has 1 aliphatic rings. The highest BCUT2D eigenvalue weighted by Crippen LogP contribution is 2.52. The van der Waals surface area contributed by atoms with Crippen molar-refractivity contribution in [2.75, 3.05) is 0 Å². The van der Waals surface area contributed by atoms with Gasteiger partial charge in [0.15, 0.2) is 34.6 Å². The van der Waals surface area contributed by atoms with E-state index in [1.54, 1.807) is 84.9 Å². The predicted octanol–water partition coefficient (Wildman–Crippen LogP) is 18.5. The lowest BCUT2D eigenvalue weighted by Crippen LogP contribution is -2.27. The fourth-order valence-corrected chi connectivity index (χ4v) is 12.7. The van der Waals surface area contributed by atoms with E-state index in [0.29, 0.717) is 32.3 Å². The van der Waals surface area contributed by atoms with Crippen LogP contribution in [0.2, 0.25) is 0 Å². The van der Waals surface area contributed by atoms with Crippen molar-refractivity contribution in [3.05, 3.63) is 320 Å². The topological polar surface area (TPSA) is 192 Å². The average Bonchev–Trinajstić information content (AvgIpc) is 0.717. The van der Waals surface area contributed by atoms with Gasteiger partial charge in [-0.3, -0.25) is 9.59 Å². The van der Waals surface area contributed by atoms with Crippen LogP contribution < -0.4 is 28.4 Å². The van der Waals surface area contributed by atoms with E-state index < -0.39 is 104 Å². The van der Waals surface area contributed by atoms with Crippen LogP contribution in [-0.4, -0.2) is 47.4 Å². The Bertz CT molecular complexity index is 5630. The van der Waals surface area contributed by atoms with E-state index in [1.165, 1.54) is 36.4 Å². The molecule has 14 nitrogen and oxygen atoms in total. The Morgan fingerprint density at radius 1 is 0.210 bits per heavy atom. The van der Waals surface area contributed by atoms with Crippen molar-refractivity contribution >= 4 is 112 Å². The van der Waals surface area contributed by atoms with Crippen molar-refractivity contribution in [3.8, 4) is 34.5 Å². The Labute approximate surface area is 571 Å². The normalized spacial score (nSPS) is 11.8. The molecule has 0 saturated carbocycles. The summed E-state index contributed by atoms with van der Waals surface area (Å²) in [6, 6.07) is 64.2. The lowest BCUT2D eigenvalue weighted by Gasteiger charge is -2.26. The molecule has 14 aromatic rings. The minimum Gasteiger partial charge on any atom is -0.419 e. The standard InChI is InChI=1S/C86H56O14/c1-45-7-13-57-37-63(25-19-51(57)31-45)81(89)95-71-43-69-73(79(99-85(93)67-29-23-55-35-49(5)11-17-61(55)41-67)77(71)97-83(91)65-27-21-53-33-47(3)9-15-59(53)39-65)76(88)70-44-72(96-82(90)64-26-20-52-32-46(2)8-14-58(52)38-64)78(98-84(92)66-28-22-54-34-48(4)10-16-60(54)40-66)80(74(70)75(69)87)100-86(94)68-30-24-56-36-50(6)12-18-62(56)42-68/h7-44H,1-6H3. The summed E-state index contributed by atoms with van der Waals surface area (Å²) in [6.45, 7) is 11.5. The van der Waals surface area contributed by atoms with Crippen LogP contribution in [-0.2, 0) is 0 Å². The molecule has 1 aliphatic carbocycles. The maximum Gasteiger partial charge on any atom is 0.343 e. The number of fused-ring (bicyclic) bond motifs is 8. The number of ketones is 2. The first-order valence-electron chi connectivity index (χ1n) is 32.1. The van der Waals surface area contributed by atoms with Gasteiger partial charge in [-0.1, -0.05) is 179 Å². The Morgan fingerprint density at radius 2 is 0.390 bits per heavy atom. The summed E-state index contributed by atoms with van der Waals surface area (Å²) in [6.07, 6.45) is 0. The summed E-state index contributed by atoms with van der Waals surface area (Å²) < 4.78 is 38.0. The van der Waals surface area contributed by atoms with Gasteiger partial charge in [0.1, 0.15) is 0 Å². The lowest BCUT2D eigenvalue weighted by atomic mass is 9.82. The maximum atomic E-state index is 16.5. The molecular formula is C86H56O14. The highest BCUT2D eigenvalue weighted by atomic mass is 16.6. The number of benzene rings is 14. The molecule has 0 atom stereocenters. The van der Waals surface area contributed by atoms with E-state index in [4.69, 9.17) is 28.4 Å². The third-order valence-corrected chi connectivity index (χ3v) is 17.9. The second-order valence-corrected chi connectivity index (χ2v) is 25.3. The summed E-state index contributed by atoms with van der Waals surface area (Å²) in [5.74, 6) is -13.4. The molecular weight excluding hydrogens is 1260 g/mol. The molecule has 100 heavy (non-hydrogen) atoms. The van der Waals surface area contributed by atoms with Crippen LogP contribution in [0.1, 0.15) is 127 Å². The first-order chi connectivity index (χ1) is 48.2. The fourth-order valence-electron chi connectivity index (χ4n) is 12.7. The highest BCUT2D eigenvalue weighted by molar-refractivity contribution is 6.32. The first-order valence-corrected chi connectivity index (χ1v) is 32.1. The van der Waals surface area contributed by atoms with Crippen molar-refractivity contribution < 1.29 is 66.8 Å². The van der Waals surface area contributed by atoms with Gasteiger partial charge in [0.05, 0.1) is 44.5 Å². The third-order valence-electron chi connectivity index (χ3n) is 17.9. The van der Waals surface area contributed by atoms with Gasteiger partial charge in [0, 0.05) is 11.1 Å². The van der Waals surface area contributed by atoms with Gasteiger partial charge in [-0.2, -0.15) is 0 Å². The molecule has 0 bridgehead atoms. The molecule has 0 N–H and O–H groups in total. The van der Waals surface area contributed by atoms with E-state index in [-0.39, 0.29) is 33.4 Å². The maximum absolute atomic E-state index is 16.5. The number of rotatable bonds is 12. The lowest BCUT2D eigenvalue weighted by molar-refractivity contribution is 0.0650. The number of hydrogen-bond acceptors (Lipinski definition) is 14. The first kappa shape index (κ1) is 62.9. The van der Waals surface area contributed by atoms with Crippen molar-refractivity contribution in [2.45, 2.75) is 41.5 Å². The Hall–Kier alpha value is -13.2. The molecule has 0 spiro atoms. The summed E-state index contributed by atoms with van der Waals surface area (Å²) in [7, 11) is 0. The summed E-state index contributed by atoms with van der Waals surface area (Å²) in [5.41, 5.74) is 2.91. The van der Waals surface area contributed by atoms with Crippen molar-refractivity contribution in [2.24, 2.45) is 0 Å². The SMILES string of the molecule is Cc1ccc2cc(C(=O)Oc3cc4c(c(OC(=O)c5ccc6cc(C)ccc6c5)c3OC(=O)c3ccc5cc(C)ccc5c3)C(=O)c3cc(OC(=O)c5ccc6cc(C)ccc6c5)c(OC(=O)c5ccc6cc(C)ccc6c5)c(OC(=O)c5ccc6cc(C)ccc6c5)c3C4=O)ccc2c1. The van der Waals surface area contributed by atoms with Crippen molar-refractivity contribution in [3.63, 3.8) is 0 Å². The number of hydrogen-bond donors (Lipinski definition) is 0. The smallest absolute Gasteiger partial charge is 0.343 e. The van der Waals surface area contributed by atoms with Gasteiger partial charge in [-0.25, -0.2) is 28.8 Å². The Morgan fingerprint density at radius 3 is 0.610 bits per heavy atom. The zero-order valence-electron chi connectivity index (χ0n) is 54.7. The molecule has 0 radical (unpaired) electrons. The number of ether oxygens (including phenoxy) is 6. The van der Waals surface area contributed by atoms with Gasteiger partial charge in [-0.05, 0) is 191 Å². The molecule has 0 unspecified atom stereocenters. The minimum atomic E-state index is -1.16. The van der Waals surface area contributed by atoms with Crippen LogP contribution in [0.15, 0.2) is 231 Å². The molecule has 0 aromatic heterocycles. The van der Waals surface area contributed by atoms with Crippen LogP contribution in [0.25, 0.3) is 64.6 Å². The summed E-state index contributed by atoms with van der Waals surface area (Å²) >= 11 is 0. The summed E-state index contributed by atoms with van der Waals surface area (Å²) in [5, 5.41) is 8.63. The molecule has 0 saturated heterocycles. The van der Waals surface area contributed by atoms with Crippen LogP contribution >= 0.6 is 0 Å². The van der Waals surface area contributed by atoms with Crippen LogP contribution in [0, 0.1) is 41.5 Å². The number of aryl methyl sites for hydroxylation is 6. The van der Waals surface area contributed by atoms with E-state index in [9.17, 15) is 9.59 Å². The average molecular weight is 1310 g/mol. The molecule has 484 valence electrons. The van der Waals surface area contributed by atoms with Crippen LogP contribution in [0.3, 0.4) is 0 Å². The van der Waals surface area contributed by atoms with E-state index in [0.717, 1.165) is 77.8 Å². The zero-order valence-corrected chi connectivity index (χ0v) is 54.7. The second-order valence-electron chi connectivity index (χ2n) is 25.3. The van der Waals surface area contributed by atoms with E-state index >= 15 is 28.8 Å². The van der Waals surface area contributed by atoms with Crippen molar-refractivity contribution in [1.82, 2.24) is 0 Å². The molecule has 15 rings (SSSR count). The van der Waals surface area contributed by atoms with Crippen LogP contribution in [0.4, 0.5) is 0 Å². The van der Waals surface area contributed by atoms with Gasteiger partial charge in [-0.15, -0.1) is 0 Å². The monoisotopic (exact) mass is 1310 g/mol. The van der Waals surface area contributed by atoms with E-state index in [2.05, 4.69) is 0 Å². The molecule has 0 fully saturated rings. The molecule has 14 aromatic carbocycles. The van der Waals surface area contributed by atoms with E-state index in [1.807, 2.05) is 139 Å². The highest BCUT2D eigenvalue weighted by Gasteiger charge is 2.43.